The molecule has 0 aromatic rings. The fourth-order valence-corrected chi connectivity index (χ4v) is 6.46. The van der Waals surface area contributed by atoms with Crippen LogP contribution in [0.4, 0.5) is 0 Å². The van der Waals surface area contributed by atoms with E-state index in [0.29, 0.717) is 6.42 Å². The van der Waals surface area contributed by atoms with E-state index in [2.05, 4.69) is 79.9 Å². The Kier molecular flexibility index (Phi) is 42.4. The Labute approximate surface area is 329 Å². The van der Waals surface area contributed by atoms with Gasteiger partial charge in [-0.1, -0.05) is 202 Å². The van der Waals surface area contributed by atoms with E-state index in [1.807, 2.05) is 6.08 Å². The zero-order chi connectivity index (χ0) is 38.6. The van der Waals surface area contributed by atoms with Gasteiger partial charge in [0.05, 0.1) is 18.8 Å². The van der Waals surface area contributed by atoms with E-state index in [1.165, 1.54) is 122 Å². The summed E-state index contributed by atoms with van der Waals surface area (Å²) in [5.74, 6) is -0.110. The molecule has 306 valence electrons. The Morgan fingerprint density at radius 1 is 0.472 bits per heavy atom. The summed E-state index contributed by atoms with van der Waals surface area (Å²) < 4.78 is 0. The van der Waals surface area contributed by atoms with Gasteiger partial charge < -0.3 is 15.5 Å². The van der Waals surface area contributed by atoms with Gasteiger partial charge in [-0.2, -0.15) is 0 Å². The second kappa shape index (κ2) is 44.2. The highest BCUT2D eigenvalue weighted by Gasteiger charge is 2.17. The molecule has 2 atom stereocenters. The van der Waals surface area contributed by atoms with Crippen molar-refractivity contribution in [1.82, 2.24) is 5.32 Å². The molecule has 0 aromatic heterocycles. The van der Waals surface area contributed by atoms with Crippen molar-refractivity contribution >= 4 is 5.91 Å². The molecule has 0 aliphatic heterocycles. The molecule has 0 aliphatic carbocycles. The zero-order valence-corrected chi connectivity index (χ0v) is 35.0. The Morgan fingerprint density at radius 3 is 1.32 bits per heavy atom. The maximum Gasteiger partial charge on any atom is 0.220 e. The molecular weight excluding hydrogens is 651 g/mol. The van der Waals surface area contributed by atoms with Crippen LogP contribution >= 0.6 is 0 Å². The van der Waals surface area contributed by atoms with Crippen molar-refractivity contribution in [3.63, 3.8) is 0 Å². The SMILES string of the molecule is CC/C=C\C/C=C\C/C=C\CCCCCC(=O)NC(CO)C(O)/C=C/CC/C=C/CC/C=C/CCCCCCCCCCCCCCCCCCCC. The molecule has 0 saturated heterocycles. The molecule has 4 nitrogen and oxygen atoms in total. The van der Waals surface area contributed by atoms with Gasteiger partial charge in [-0.05, 0) is 77.0 Å². The molecule has 0 aromatic carbocycles. The molecule has 0 aliphatic rings. The summed E-state index contributed by atoms with van der Waals surface area (Å²) in [6.45, 7) is 4.16. The van der Waals surface area contributed by atoms with Crippen molar-refractivity contribution in [2.24, 2.45) is 0 Å². The highest BCUT2D eigenvalue weighted by atomic mass is 16.3. The molecule has 0 heterocycles. The molecule has 0 fully saturated rings. The predicted octanol–water partition coefficient (Wildman–Crippen LogP) is 14.3. The van der Waals surface area contributed by atoms with E-state index in [0.717, 1.165) is 70.6 Å². The van der Waals surface area contributed by atoms with Crippen molar-refractivity contribution in [2.75, 3.05) is 6.61 Å². The molecule has 4 heteroatoms. The number of carbonyl (C=O) groups is 1. The summed E-state index contributed by atoms with van der Waals surface area (Å²) in [7, 11) is 0. The molecule has 0 rings (SSSR count). The molecule has 0 spiro atoms. The number of nitrogens with one attached hydrogen (secondary N) is 1. The maximum absolute atomic E-state index is 12.3. The van der Waals surface area contributed by atoms with E-state index in [-0.39, 0.29) is 12.5 Å². The van der Waals surface area contributed by atoms with Gasteiger partial charge in [0.2, 0.25) is 5.91 Å². The van der Waals surface area contributed by atoms with Crippen LogP contribution in [0.3, 0.4) is 0 Å². The lowest BCUT2D eigenvalue weighted by Gasteiger charge is -2.19. The first kappa shape index (κ1) is 50.8. The van der Waals surface area contributed by atoms with E-state index in [1.54, 1.807) is 6.08 Å². The summed E-state index contributed by atoms with van der Waals surface area (Å²) in [6, 6.07) is -0.663. The van der Waals surface area contributed by atoms with Crippen LogP contribution in [-0.2, 0) is 4.79 Å². The highest BCUT2D eigenvalue weighted by molar-refractivity contribution is 5.76. The van der Waals surface area contributed by atoms with Crippen LogP contribution in [0, 0.1) is 0 Å². The smallest absolute Gasteiger partial charge is 0.220 e. The summed E-state index contributed by atoms with van der Waals surface area (Å²) in [5.41, 5.74) is 0. The van der Waals surface area contributed by atoms with Gasteiger partial charge in [0.15, 0.2) is 0 Å². The molecule has 2 unspecified atom stereocenters. The standard InChI is InChI=1S/C49H87NO3/c1-3-5-7-9-11-13-15-17-18-19-20-21-22-23-24-25-26-27-28-29-30-31-33-34-36-38-40-42-44-48(52)47(46-51)50-49(53)45-43-41-39-37-35-32-16-14-12-10-8-6-4-2/h6,8,12,14,29-30,32,34-36,42,44,47-48,51-52H,3-5,7,9-11,13,15-28,31,33,37-41,43,45-46H2,1-2H3,(H,50,53)/b8-6-,14-12-,30-29+,35-32-,36-34+,44-42+. The number of unbranched alkanes of at least 4 members (excludes halogenated alkanes) is 23. The second-order valence-corrected chi connectivity index (χ2v) is 15.1. The van der Waals surface area contributed by atoms with Crippen molar-refractivity contribution in [3.05, 3.63) is 72.9 Å². The van der Waals surface area contributed by atoms with E-state index >= 15 is 0 Å². The normalized spacial score (nSPS) is 13.7. The Hall–Kier alpha value is -2.17. The van der Waals surface area contributed by atoms with E-state index in [4.69, 9.17) is 0 Å². The van der Waals surface area contributed by atoms with Crippen LogP contribution in [0.15, 0.2) is 72.9 Å². The lowest BCUT2D eigenvalue weighted by atomic mass is 10.0. The van der Waals surface area contributed by atoms with Crippen LogP contribution in [0.1, 0.15) is 213 Å². The first-order valence-electron chi connectivity index (χ1n) is 22.7. The minimum atomic E-state index is -0.885. The summed E-state index contributed by atoms with van der Waals surface area (Å²) in [6.07, 6.45) is 63.2. The van der Waals surface area contributed by atoms with Crippen molar-refractivity contribution in [3.8, 4) is 0 Å². The number of amides is 1. The van der Waals surface area contributed by atoms with Gasteiger partial charge in [-0.3, -0.25) is 4.79 Å². The van der Waals surface area contributed by atoms with Gasteiger partial charge in [-0.15, -0.1) is 0 Å². The third-order valence-corrected chi connectivity index (χ3v) is 9.90. The number of aliphatic hydroxyl groups excluding tert-OH is 2. The van der Waals surface area contributed by atoms with Crippen molar-refractivity contribution < 1.29 is 15.0 Å². The van der Waals surface area contributed by atoms with Gasteiger partial charge in [-0.25, -0.2) is 0 Å². The van der Waals surface area contributed by atoms with Crippen LogP contribution in [0.5, 0.6) is 0 Å². The molecule has 1 amide bonds. The highest BCUT2D eigenvalue weighted by Crippen LogP contribution is 2.15. The third kappa shape index (κ3) is 40.8. The predicted molar refractivity (Wildman–Crippen MR) is 234 cm³/mol. The van der Waals surface area contributed by atoms with Gasteiger partial charge >= 0.3 is 0 Å². The Morgan fingerprint density at radius 2 is 0.849 bits per heavy atom. The average molecular weight is 738 g/mol. The van der Waals surface area contributed by atoms with Gasteiger partial charge in [0.1, 0.15) is 0 Å². The number of rotatable bonds is 40. The molecular formula is C49H87NO3. The maximum atomic E-state index is 12.3. The lowest BCUT2D eigenvalue weighted by molar-refractivity contribution is -0.123. The molecule has 3 N–H and O–H groups in total. The van der Waals surface area contributed by atoms with Gasteiger partial charge in [0, 0.05) is 6.42 Å². The van der Waals surface area contributed by atoms with Crippen molar-refractivity contribution in [1.29, 1.82) is 0 Å². The summed E-state index contributed by atoms with van der Waals surface area (Å²) in [4.78, 5) is 12.3. The monoisotopic (exact) mass is 738 g/mol. The Bertz CT molecular complexity index is 930. The minimum Gasteiger partial charge on any atom is -0.394 e. The zero-order valence-electron chi connectivity index (χ0n) is 35.0. The fourth-order valence-electron chi connectivity index (χ4n) is 6.46. The number of hydrogen-bond acceptors (Lipinski definition) is 3. The average Bonchev–Trinajstić information content (AvgIpc) is 3.16. The number of carbonyl (C=O) groups excluding carboxylic acids is 1. The first-order valence-corrected chi connectivity index (χ1v) is 22.7. The van der Waals surface area contributed by atoms with Crippen LogP contribution < -0.4 is 5.32 Å². The number of aliphatic hydroxyl groups is 2. The topological polar surface area (TPSA) is 69.6 Å². The quantitative estimate of drug-likeness (QED) is 0.0433. The van der Waals surface area contributed by atoms with Crippen LogP contribution in [-0.4, -0.2) is 34.9 Å². The van der Waals surface area contributed by atoms with Crippen LogP contribution in [0.25, 0.3) is 0 Å². The lowest BCUT2D eigenvalue weighted by Crippen LogP contribution is -2.45. The summed E-state index contributed by atoms with van der Waals surface area (Å²) >= 11 is 0. The first-order chi connectivity index (χ1) is 26.2. The molecule has 0 saturated carbocycles. The fraction of sp³-hybridized carbons (Fsp3) is 0.735. The molecule has 53 heavy (non-hydrogen) atoms. The number of allylic oxidation sites excluding steroid dienone is 11. The third-order valence-electron chi connectivity index (χ3n) is 9.90. The summed E-state index contributed by atoms with van der Waals surface area (Å²) in [5, 5.41) is 22.9. The molecule has 0 radical (unpaired) electrons. The van der Waals surface area contributed by atoms with E-state index in [9.17, 15) is 15.0 Å². The van der Waals surface area contributed by atoms with Crippen molar-refractivity contribution in [2.45, 2.75) is 225 Å². The van der Waals surface area contributed by atoms with Crippen LogP contribution in [0.2, 0.25) is 0 Å². The number of hydrogen-bond donors (Lipinski definition) is 3. The van der Waals surface area contributed by atoms with E-state index < -0.39 is 12.1 Å². The largest absolute Gasteiger partial charge is 0.394 e. The minimum absolute atomic E-state index is 0.110. The second-order valence-electron chi connectivity index (χ2n) is 15.1. The Balaban J connectivity index is 3.63. The van der Waals surface area contributed by atoms with Gasteiger partial charge in [0.25, 0.3) is 0 Å². The molecule has 0 bridgehead atoms.